The predicted octanol–water partition coefficient (Wildman–Crippen LogP) is 12.9. The molecule has 0 atom stereocenters. The van der Waals surface area contributed by atoms with Crippen molar-refractivity contribution in [2.75, 3.05) is 0 Å². The predicted molar refractivity (Wildman–Crippen MR) is 185 cm³/mol. The zero-order chi connectivity index (χ0) is 27.2. The van der Waals surface area contributed by atoms with E-state index in [1.54, 1.807) is 0 Å². The molecular formula is C39H57Y3-3. The standard InChI is InChI=1S/5C6H6.3C2H6.3CH3.3Y/c5*1-2-4-6-5-3-1;3*1-2;;;;;;/h5*1-6H;3*1-2H3;3*1H3;;;/q;;;;;;;;3*-1;;;. The molecule has 0 fully saturated rings. The van der Waals surface area contributed by atoms with E-state index in [2.05, 4.69) is 0 Å². The molecule has 5 aromatic carbocycles. The average molecular weight is 793 g/mol. The van der Waals surface area contributed by atoms with Gasteiger partial charge < -0.3 is 22.3 Å². The molecule has 0 saturated carbocycles. The number of hydrogen-bond donors (Lipinski definition) is 0. The van der Waals surface area contributed by atoms with E-state index >= 15 is 0 Å². The van der Waals surface area contributed by atoms with E-state index in [-0.39, 0.29) is 120 Å². The van der Waals surface area contributed by atoms with Crippen LogP contribution in [0.1, 0.15) is 41.5 Å². The Kier molecular flexibility index (Phi) is 111. The first-order valence-corrected chi connectivity index (χ1v) is 13.0. The van der Waals surface area contributed by atoms with Gasteiger partial charge in [-0.1, -0.05) is 224 Å². The Balaban J connectivity index is -0.0000000428. The molecule has 0 aromatic heterocycles. The molecule has 3 heteroatoms. The molecule has 0 aliphatic heterocycles. The van der Waals surface area contributed by atoms with Gasteiger partial charge in [0, 0.05) is 98.1 Å². The van der Waals surface area contributed by atoms with Gasteiger partial charge in [-0.15, -0.1) is 0 Å². The number of hydrogen-bond acceptors (Lipinski definition) is 0. The Hall–Kier alpha value is -0.588. The van der Waals surface area contributed by atoms with Crippen molar-refractivity contribution in [3.05, 3.63) is 204 Å². The molecule has 0 heterocycles. The van der Waals surface area contributed by atoms with Crippen molar-refractivity contribution in [2.45, 2.75) is 41.5 Å². The third kappa shape index (κ3) is 67.2. The zero-order valence-electron chi connectivity index (χ0n) is 28.1. The Morgan fingerprint density at radius 1 is 0.143 bits per heavy atom. The Morgan fingerprint density at radius 2 is 0.167 bits per heavy atom. The van der Waals surface area contributed by atoms with Crippen LogP contribution in [0.15, 0.2) is 182 Å². The van der Waals surface area contributed by atoms with Crippen LogP contribution in [0, 0.1) is 22.3 Å². The largest absolute Gasteiger partial charge is 0.358 e. The minimum atomic E-state index is 0. The third-order valence-corrected chi connectivity index (χ3v) is 3.33. The summed E-state index contributed by atoms with van der Waals surface area (Å²) in [6.45, 7) is 12.0. The minimum absolute atomic E-state index is 0. The van der Waals surface area contributed by atoms with Crippen LogP contribution in [0.2, 0.25) is 0 Å². The molecule has 0 nitrogen and oxygen atoms in total. The monoisotopic (exact) mass is 792 g/mol. The van der Waals surface area contributed by atoms with Crippen LogP contribution in [-0.2, 0) is 98.1 Å². The van der Waals surface area contributed by atoms with Crippen LogP contribution in [0.4, 0.5) is 0 Å². The van der Waals surface area contributed by atoms with Gasteiger partial charge in [0.1, 0.15) is 0 Å². The normalized spacial score (nSPS) is 6.14. The molecular weight excluding hydrogens is 735 g/mol. The maximum absolute atomic E-state index is 2.00. The summed E-state index contributed by atoms with van der Waals surface area (Å²) < 4.78 is 0. The number of rotatable bonds is 0. The van der Waals surface area contributed by atoms with Gasteiger partial charge in [-0.25, -0.2) is 0 Å². The van der Waals surface area contributed by atoms with Crippen LogP contribution >= 0.6 is 0 Å². The van der Waals surface area contributed by atoms with Crippen LogP contribution in [0.25, 0.3) is 0 Å². The van der Waals surface area contributed by atoms with Crippen molar-refractivity contribution in [1.29, 1.82) is 0 Å². The smallest absolute Gasteiger partial charge is 0 e. The topological polar surface area (TPSA) is 0 Å². The molecule has 0 spiro atoms. The number of benzene rings is 5. The second kappa shape index (κ2) is 72.6. The molecule has 5 aromatic rings. The summed E-state index contributed by atoms with van der Waals surface area (Å²) in [5.74, 6) is 0. The summed E-state index contributed by atoms with van der Waals surface area (Å²) in [4.78, 5) is 0. The average Bonchev–Trinajstić information content (AvgIpc) is 3.06. The first kappa shape index (κ1) is 64.4. The molecule has 5 rings (SSSR count). The van der Waals surface area contributed by atoms with Gasteiger partial charge in [0.15, 0.2) is 0 Å². The van der Waals surface area contributed by atoms with Crippen molar-refractivity contribution in [1.82, 2.24) is 0 Å². The van der Waals surface area contributed by atoms with Gasteiger partial charge in [0.25, 0.3) is 0 Å². The van der Waals surface area contributed by atoms with E-state index < -0.39 is 0 Å². The molecule has 0 unspecified atom stereocenters. The maximum Gasteiger partial charge on any atom is 0 e. The van der Waals surface area contributed by atoms with E-state index in [4.69, 9.17) is 0 Å². The fourth-order valence-electron chi connectivity index (χ4n) is 1.92. The fraction of sp³-hybridized carbons (Fsp3) is 0.154. The van der Waals surface area contributed by atoms with Crippen LogP contribution < -0.4 is 0 Å². The second-order valence-electron chi connectivity index (χ2n) is 5.77. The van der Waals surface area contributed by atoms with E-state index in [0.717, 1.165) is 0 Å². The van der Waals surface area contributed by atoms with Crippen LogP contribution in [-0.4, -0.2) is 0 Å². The van der Waals surface area contributed by atoms with Crippen molar-refractivity contribution in [3.63, 3.8) is 0 Å². The Labute approximate surface area is 339 Å². The van der Waals surface area contributed by atoms with Gasteiger partial charge in [0.2, 0.25) is 0 Å². The van der Waals surface area contributed by atoms with Gasteiger partial charge in [0.05, 0.1) is 0 Å². The van der Waals surface area contributed by atoms with Gasteiger partial charge >= 0.3 is 0 Å². The zero-order valence-corrected chi connectivity index (χ0v) is 36.6. The molecule has 225 valence electrons. The second-order valence-corrected chi connectivity index (χ2v) is 5.77. The third-order valence-electron chi connectivity index (χ3n) is 3.33. The summed E-state index contributed by atoms with van der Waals surface area (Å²) in [6.07, 6.45) is 0. The van der Waals surface area contributed by atoms with E-state index in [1.165, 1.54) is 0 Å². The fourth-order valence-corrected chi connectivity index (χ4v) is 1.92. The molecule has 0 amide bonds. The molecule has 0 saturated heterocycles. The summed E-state index contributed by atoms with van der Waals surface area (Å²) in [5.41, 5.74) is 0. The van der Waals surface area contributed by atoms with Crippen molar-refractivity contribution >= 4 is 0 Å². The van der Waals surface area contributed by atoms with Crippen molar-refractivity contribution in [3.8, 4) is 0 Å². The quantitative estimate of drug-likeness (QED) is 0.137. The van der Waals surface area contributed by atoms with Crippen LogP contribution in [0.5, 0.6) is 0 Å². The SMILES string of the molecule is CC.CC.CC.[CH3-].[CH3-].[CH3-].[Y].[Y].[Y].c1ccccc1.c1ccccc1.c1ccccc1.c1ccccc1.c1ccccc1. The first-order valence-electron chi connectivity index (χ1n) is 13.0. The molecule has 0 N–H and O–H groups in total. The molecule has 0 bridgehead atoms. The summed E-state index contributed by atoms with van der Waals surface area (Å²) in [7, 11) is 0. The summed E-state index contributed by atoms with van der Waals surface area (Å²) >= 11 is 0. The van der Waals surface area contributed by atoms with E-state index in [1.807, 2.05) is 224 Å². The summed E-state index contributed by atoms with van der Waals surface area (Å²) in [6, 6.07) is 60.0. The van der Waals surface area contributed by atoms with Gasteiger partial charge in [-0.2, -0.15) is 0 Å². The maximum atomic E-state index is 2.00. The molecule has 42 heavy (non-hydrogen) atoms. The van der Waals surface area contributed by atoms with Crippen molar-refractivity contribution < 1.29 is 98.1 Å². The Bertz CT molecular complexity index is 558. The minimum Gasteiger partial charge on any atom is -0.358 e. The molecule has 0 aliphatic rings. The molecule has 3 radical (unpaired) electrons. The summed E-state index contributed by atoms with van der Waals surface area (Å²) in [5, 5.41) is 0. The van der Waals surface area contributed by atoms with Crippen molar-refractivity contribution in [2.24, 2.45) is 0 Å². The van der Waals surface area contributed by atoms with Gasteiger partial charge in [-0.05, 0) is 0 Å². The first-order chi connectivity index (χ1) is 18.0. The van der Waals surface area contributed by atoms with E-state index in [9.17, 15) is 0 Å². The molecule has 0 aliphatic carbocycles. The Morgan fingerprint density at radius 3 is 0.190 bits per heavy atom. The van der Waals surface area contributed by atoms with Gasteiger partial charge in [-0.3, -0.25) is 0 Å². The van der Waals surface area contributed by atoms with Crippen LogP contribution in [0.3, 0.4) is 0 Å². The van der Waals surface area contributed by atoms with E-state index in [0.29, 0.717) is 0 Å².